The zero-order valence-corrected chi connectivity index (χ0v) is 15.7. The molecule has 0 radical (unpaired) electrons. The first-order valence-corrected chi connectivity index (χ1v) is 9.04. The van der Waals surface area contributed by atoms with Crippen LogP contribution >= 0.6 is 0 Å². The summed E-state index contributed by atoms with van der Waals surface area (Å²) in [6.45, 7) is 6.46. The normalized spacial score (nSPS) is 12.3. The number of carbonyl (C=O) groups excluding carboxylic acids is 1. The van der Waals surface area contributed by atoms with Crippen LogP contribution in [0.5, 0.6) is 0 Å². The Hall–Kier alpha value is -2.99. The van der Waals surface area contributed by atoms with Gasteiger partial charge < -0.3 is 5.32 Å². The van der Waals surface area contributed by atoms with Crippen LogP contribution < -0.4 is 5.32 Å². The minimum absolute atomic E-state index is 0.00299. The molecule has 0 aliphatic carbocycles. The number of hydrogen-bond donors (Lipinski definition) is 1. The largest absolute Gasteiger partial charge is 0.351 e. The van der Waals surface area contributed by atoms with Crippen LogP contribution in [0.4, 0.5) is 5.69 Å². The van der Waals surface area contributed by atoms with Crippen LogP contribution in [-0.4, -0.2) is 35.4 Å². The average molecular weight is 367 g/mol. The number of carbonyl (C=O) groups is 1. The van der Waals surface area contributed by atoms with E-state index in [0.29, 0.717) is 12.1 Å². The lowest BCUT2D eigenvalue weighted by atomic mass is 10.1. The van der Waals surface area contributed by atoms with Crippen LogP contribution in [0.1, 0.15) is 31.0 Å². The molecule has 1 unspecified atom stereocenters. The molecule has 0 spiro atoms. The topological polar surface area (TPSA) is 75.5 Å². The SMILES string of the molecule is CCN(CC)C(CNC(=O)C=Cc1cccc([N+](=O)[O-])c1)c1ccccc1. The van der Waals surface area contributed by atoms with Crippen molar-refractivity contribution < 1.29 is 9.72 Å². The van der Waals surface area contributed by atoms with Crippen molar-refractivity contribution >= 4 is 17.7 Å². The molecule has 6 nitrogen and oxygen atoms in total. The summed E-state index contributed by atoms with van der Waals surface area (Å²) in [7, 11) is 0. The third-order valence-corrected chi connectivity index (χ3v) is 4.42. The maximum atomic E-state index is 12.2. The van der Waals surface area contributed by atoms with Crippen LogP contribution in [0, 0.1) is 10.1 Å². The van der Waals surface area contributed by atoms with Crippen molar-refractivity contribution in [2.75, 3.05) is 19.6 Å². The molecule has 0 bridgehead atoms. The summed E-state index contributed by atoms with van der Waals surface area (Å²) in [5, 5.41) is 13.8. The number of likely N-dealkylation sites (N-methyl/N-ethyl adjacent to an activating group) is 1. The third-order valence-electron chi connectivity index (χ3n) is 4.42. The van der Waals surface area contributed by atoms with Gasteiger partial charge in [-0.3, -0.25) is 19.8 Å². The molecule has 1 amide bonds. The highest BCUT2D eigenvalue weighted by atomic mass is 16.6. The number of nitro groups is 1. The molecule has 27 heavy (non-hydrogen) atoms. The van der Waals surface area contributed by atoms with Crippen molar-refractivity contribution in [3.63, 3.8) is 0 Å². The Morgan fingerprint density at radius 1 is 1.15 bits per heavy atom. The fraction of sp³-hybridized carbons (Fsp3) is 0.286. The third kappa shape index (κ3) is 6.04. The number of nitro benzene ring substituents is 1. The Kier molecular flexibility index (Phi) is 7.70. The Bertz CT molecular complexity index is 786. The molecule has 0 aliphatic rings. The lowest BCUT2D eigenvalue weighted by Crippen LogP contribution is -2.37. The van der Waals surface area contributed by atoms with Gasteiger partial charge in [-0.15, -0.1) is 0 Å². The van der Waals surface area contributed by atoms with E-state index >= 15 is 0 Å². The molecule has 0 aromatic heterocycles. The molecule has 2 aromatic carbocycles. The summed E-state index contributed by atoms with van der Waals surface area (Å²) in [6.07, 6.45) is 2.99. The number of nitrogens with zero attached hydrogens (tertiary/aromatic N) is 2. The van der Waals surface area contributed by atoms with Gasteiger partial charge in [0.2, 0.25) is 5.91 Å². The summed E-state index contributed by atoms with van der Waals surface area (Å²) in [4.78, 5) is 24.9. The van der Waals surface area contributed by atoms with E-state index in [9.17, 15) is 14.9 Å². The molecule has 0 saturated heterocycles. The summed E-state index contributed by atoms with van der Waals surface area (Å²) >= 11 is 0. The molecule has 0 fully saturated rings. The molecule has 1 atom stereocenters. The lowest BCUT2D eigenvalue weighted by Gasteiger charge is -2.30. The highest BCUT2D eigenvalue weighted by Crippen LogP contribution is 2.19. The van der Waals surface area contributed by atoms with Crippen LogP contribution in [0.25, 0.3) is 6.08 Å². The maximum absolute atomic E-state index is 12.2. The van der Waals surface area contributed by atoms with E-state index < -0.39 is 4.92 Å². The van der Waals surface area contributed by atoms with Crippen LogP contribution in [0.3, 0.4) is 0 Å². The minimum atomic E-state index is -0.452. The standard InChI is InChI=1S/C21H25N3O3/c1-3-23(4-2)20(18-10-6-5-7-11-18)16-22-21(25)14-13-17-9-8-12-19(15-17)24(26)27/h5-15,20H,3-4,16H2,1-2H3,(H,22,25). The Balaban J connectivity index is 2.03. The molecule has 142 valence electrons. The molecular weight excluding hydrogens is 342 g/mol. The van der Waals surface area contributed by atoms with Crippen molar-refractivity contribution in [2.45, 2.75) is 19.9 Å². The van der Waals surface area contributed by atoms with Gasteiger partial charge in [-0.2, -0.15) is 0 Å². The van der Waals surface area contributed by atoms with Crippen molar-refractivity contribution in [3.05, 3.63) is 81.9 Å². The Labute approximate surface area is 159 Å². The van der Waals surface area contributed by atoms with Crippen LogP contribution in [0.15, 0.2) is 60.7 Å². The quantitative estimate of drug-likeness (QED) is 0.415. The second-order valence-electron chi connectivity index (χ2n) is 6.08. The fourth-order valence-corrected chi connectivity index (χ4v) is 2.97. The van der Waals surface area contributed by atoms with Gasteiger partial charge in [0.1, 0.15) is 0 Å². The fourth-order valence-electron chi connectivity index (χ4n) is 2.97. The van der Waals surface area contributed by atoms with Gasteiger partial charge in [0, 0.05) is 24.8 Å². The number of benzene rings is 2. The van der Waals surface area contributed by atoms with E-state index in [1.807, 2.05) is 18.2 Å². The van der Waals surface area contributed by atoms with Gasteiger partial charge in [-0.05, 0) is 30.3 Å². The van der Waals surface area contributed by atoms with Crippen molar-refractivity contribution in [1.82, 2.24) is 10.2 Å². The summed E-state index contributed by atoms with van der Waals surface area (Å²) < 4.78 is 0. The average Bonchev–Trinajstić information content (AvgIpc) is 2.70. The first-order valence-electron chi connectivity index (χ1n) is 9.04. The smallest absolute Gasteiger partial charge is 0.270 e. The van der Waals surface area contributed by atoms with Crippen molar-refractivity contribution in [2.24, 2.45) is 0 Å². The van der Waals surface area contributed by atoms with Gasteiger partial charge >= 0.3 is 0 Å². The van der Waals surface area contributed by atoms with E-state index in [4.69, 9.17) is 0 Å². The zero-order chi connectivity index (χ0) is 19.6. The van der Waals surface area contributed by atoms with Crippen molar-refractivity contribution in [3.8, 4) is 0 Å². The first kappa shape index (κ1) is 20.3. The molecule has 2 rings (SSSR count). The van der Waals surface area contributed by atoms with E-state index in [0.717, 1.165) is 18.7 Å². The number of amides is 1. The number of rotatable bonds is 9. The minimum Gasteiger partial charge on any atom is -0.351 e. The van der Waals surface area contributed by atoms with Gasteiger partial charge in [0.05, 0.1) is 11.0 Å². The van der Waals surface area contributed by atoms with E-state index in [-0.39, 0.29) is 17.6 Å². The number of non-ortho nitro benzene ring substituents is 1. The number of hydrogen-bond acceptors (Lipinski definition) is 4. The number of nitrogens with one attached hydrogen (secondary N) is 1. The molecule has 0 aliphatic heterocycles. The Morgan fingerprint density at radius 3 is 2.48 bits per heavy atom. The van der Waals surface area contributed by atoms with Crippen molar-refractivity contribution in [1.29, 1.82) is 0 Å². The van der Waals surface area contributed by atoms with Gasteiger partial charge in [0.15, 0.2) is 0 Å². The predicted molar refractivity (Wildman–Crippen MR) is 107 cm³/mol. The molecule has 0 saturated carbocycles. The predicted octanol–water partition coefficient (Wildman–Crippen LogP) is 3.81. The molecular formula is C21H25N3O3. The van der Waals surface area contributed by atoms with Gasteiger partial charge in [-0.25, -0.2) is 0 Å². The summed E-state index contributed by atoms with van der Waals surface area (Å²) in [6, 6.07) is 16.4. The second-order valence-corrected chi connectivity index (χ2v) is 6.08. The molecule has 0 heterocycles. The van der Waals surface area contributed by atoms with Gasteiger partial charge in [-0.1, -0.05) is 56.3 Å². The lowest BCUT2D eigenvalue weighted by molar-refractivity contribution is -0.384. The zero-order valence-electron chi connectivity index (χ0n) is 15.7. The first-order chi connectivity index (χ1) is 13.0. The molecule has 6 heteroatoms. The Morgan fingerprint density at radius 2 is 1.85 bits per heavy atom. The van der Waals surface area contributed by atoms with Crippen LogP contribution in [-0.2, 0) is 4.79 Å². The second kappa shape index (κ2) is 10.2. The summed E-state index contributed by atoms with van der Waals surface area (Å²) in [5.41, 5.74) is 1.77. The highest BCUT2D eigenvalue weighted by Gasteiger charge is 2.18. The monoisotopic (exact) mass is 367 g/mol. The van der Waals surface area contributed by atoms with E-state index in [2.05, 4.69) is 36.2 Å². The van der Waals surface area contributed by atoms with Crippen LogP contribution in [0.2, 0.25) is 0 Å². The summed E-state index contributed by atoms with van der Waals surface area (Å²) in [5.74, 6) is -0.227. The van der Waals surface area contributed by atoms with Gasteiger partial charge in [0.25, 0.3) is 5.69 Å². The van der Waals surface area contributed by atoms with E-state index in [1.54, 1.807) is 18.2 Å². The molecule has 2 aromatic rings. The maximum Gasteiger partial charge on any atom is 0.270 e. The highest BCUT2D eigenvalue weighted by molar-refractivity contribution is 5.91. The molecule has 1 N–H and O–H groups in total. The van der Waals surface area contributed by atoms with E-state index in [1.165, 1.54) is 18.2 Å².